The van der Waals surface area contributed by atoms with Crippen molar-refractivity contribution in [1.82, 2.24) is 9.78 Å². The normalized spacial score (nSPS) is 13.4. The Kier molecular flexibility index (Phi) is 5.68. The number of benzene rings is 4. The summed E-state index contributed by atoms with van der Waals surface area (Å²) in [5.41, 5.74) is 1.76. The molecule has 44 heavy (non-hydrogen) atoms. The monoisotopic (exact) mass is 590 g/mol. The Hall–Kier alpha value is -5.64. The smallest absolute Gasteiger partial charge is 0.283 e. The number of hydrogen-bond donors (Lipinski definition) is 4. The van der Waals surface area contributed by atoms with E-state index in [1.165, 1.54) is 24.9 Å². The predicted molar refractivity (Wildman–Crippen MR) is 161 cm³/mol. The average molecular weight is 591 g/mol. The van der Waals surface area contributed by atoms with Gasteiger partial charge in [0.2, 0.25) is 5.78 Å². The molecular formula is C34H26N2O8. The van der Waals surface area contributed by atoms with Crippen LogP contribution >= 0.6 is 0 Å². The topological polar surface area (TPSA) is 159 Å². The molecule has 10 nitrogen and oxygen atoms in total. The molecule has 0 fully saturated rings. The molecule has 2 aliphatic carbocycles. The number of methoxy groups -OCH3 is 1. The number of ketones is 2. The first-order valence-electron chi connectivity index (χ1n) is 13.9. The zero-order valence-electron chi connectivity index (χ0n) is 24.2. The fourth-order valence-electron chi connectivity index (χ4n) is 6.56. The van der Waals surface area contributed by atoms with Crippen molar-refractivity contribution in [2.45, 2.75) is 33.6 Å². The lowest BCUT2D eigenvalue weighted by Crippen LogP contribution is -2.25. The molecule has 0 aliphatic heterocycles. The predicted octanol–water partition coefficient (Wildman–Crippen LogP) is 4.68. The van der Waals surface area contributed by atoms with Gasteiger partial charge in [-0.1, -0.05) is 12.1 Å². The Bertz CT molecular complexity index is 2250. The second kappa shape index (κ2) is 9.18. The van der Waals surface area contributed by atoms with Crippen molar-refractivity contribution in [3.63, 3.8) is 0 Å². The van der Waals surface area contributed by atoms with E-state index in [-0.39, 0.29) is 56.5 Å². The number of aryl methyl sites for hydroxylation is 3. The summed E-state index contributed by atoms with van der Waals surface area (Å²) in [4.78, 5) is 41.6. The summed E-state index contributed by atoms with van der Waals surface area (Å²) < 4.78 is 6.90. The second-order valence-electron chi connectivity index (χ2n) is 11.3. The van der Waals surface area contributed by atoms with E-state index in [9.17, 15) is 34.8 Å². The van der Waals surface area contributed by atoms with Crippen LogP contribution in [0, 0.1) is 20.8 Å². The van der Waals surface area contributed by atoms with E-state index in [0.717, 1.165) is 17.2 Å². The van der Waals surface area contributed by atoms with Gasteiger partial charge in [-0.05, 0) is 68.5 Å². The molecule has 0 bridgehead atoms. The number of nitrogens with zero attached hydrogens (tertiary/aromatic N) is 2. The number of hydrogen-bond acceptors (Lipinski definition) is 9. The maximum Gasteiger partial charge on any atom is 0.283 e. The van der Waals surface area contributed by atoms with Gasteiger partial charge in [0.05, 0.1) is 41.1 Å². The number of carbonyl (C=O) groups is 2. The molecule has 0 saturated heterocycles. The van der Waals surface area contributed by atoms with Gasteiger partial charge in [-0.3, -0.25) is 14.4 Å². The molecule has 0 radical (unpaired) electrons. The molecule has 2 aliphatic rings. The highest BCUT2D eigenvalue weighted by Gasteiger charge is 2.42. The molecule has 0 spiro atoms. The van der Waals surface area contributed by atoms with E-state index in [4.69, 9.17) is 4.74 Å². The first kappa shape index (κ1) is 27.2. The summed E-state index contributed by atoms with van der Waals surface area (Å²) in [6.45, 7) is 5.15. The van der Waals surface area contributed by atoms with Gasteiger partial charge in [-0.2, -0.15) is 9.78 Å². The number of aromatic hydroxyl groups is 4. The first-order chi connectivity index (χ1) is 21.0. The molecule has 0 atom stereocenters. The minimum absolute atomic E-state index is 0.0228. The minimum Gasteiger partial charge on any atom is -0.508 e. The molecule has 0 amide bonds. The molecule has 5 aromatic rings. The summed E-state index contributed by atoms with van der Waals surface area (Å²) in [6, 6.07) is 8.42. The SMILES string of the molecule is COc1c2c(c(O)c3c1C(=O)c1c(cc(O)c(C)c1O)C3=O)-c1c(cc3cnn(-c4cc(C)ccc4C)c(=O)c3c1O)CC2. The Morgan fingerprint density at radius 1 is 0.795 bits per heavy atom. The second-order valence-corrected chi connectivity index (χ2v) is 11.3. The highest BCUT2D eigenvalue weighted by atomic mass is 16.5. The van der Waals surface area contributed by atoms with Crippen molar-refractivity contribution in [3.05, 3.63) is 97.0 Å². The van der Waals surface area contributed by atoms with Crippen LogP contribution in [0.1, 0.15) is 59.7 Å². The average Bonchev–Trinajstić information content (AvgIpc) is 2.99. The number of aromatic nitrogens is 2. The van der Waals surface area contributed by atoms with Gasteiger partial charge in [-0.25, -0.2) is 0 Å². The van der Waals surface area contributed by atoms with Crippen LogP contribution in [-0.2, 0) is 12.8 Å². The number of carbonyl (C=O) groups excluding carboxylic acids is 2. The largest absolute Gasteiger partial charge is 0.508 e. The standard InChI is InChI=1S/C34H26N2O8/c1-13-5-6-14(2)20(9-13)36-34(43)23-17(12-35-36)10-16-7-8-18-24(22(16)30(23)40)31(41)26-27(33(18)44-4)32(42)25-19(29(26)39)11-21(37)15(3)28(25)38/h5-6,9-12,37-38,40-41H,7-8H2,1-4H3. The van der Waals surface area contributed by atoms with Gasteiger partial charge >= 0.3 is 0 Å². The quantitative estimate of drug-likeness (QED) is 0.225. The third-order valence-corrected chi connectivity index (χ3v) is 8.80. The van der Waals surface area contributed by atoms with E-state index in [1.807, 2.05) is 32.0 Å². The van der Waals surface area contributed by atoms with Crippen LogP contribution in [0.4, 0.5) is 0 Å². The zero-order chi connectivity index (χ0) is 31.4. The Morgan fingerprint density at radius 3 is 2.27 bits per heavy atom. The van der Waals surface area contributed by atoms with Gasteiger partial charge in [0.1, 0.15) is 28.7 Å². The highest BCUT2D eigenvalue weighted by Crippen LogP contribution is 2.54. The first-order valence-corrected chi connectivity index (χ1v) is 13.9. The molecule has 0 unspecified atom stereocenters. The van der Waals surface area contributed by atoms with Crippen LogP contribution in [0.25, 0.3) is 27.6 Å². The number of fused-ring (bicyclic) bond motifs is 6. The summed E-state index contributed by atoms with van der Waals surface area (Å²) in [7, 11) is 1.33. The van der Waals surface area contributed by atoms with Crippen LogP contribution in [0.15, 0.2) is 41.3 Å². The van der Waals surface area contributed by atoms with Gasteiger partial charge in [0.15, 0.2) is 5.78 Å². The highest BCUT2D eigenvalue weighted by molar-refractivity contribution is 6.32. The van der Waals surface area contributed by atoms with Crippen molar-refractivity contribution < 1.29 is 34.8 Å². The molecule has 10 heteroatoms. The Morgan fingerprint density at radius 2 is 1.55 bits per heavy atom. The maximum absolute atomic E-state index is 13.9. The number of phenols is 4. The molecule has 4 N–H and O–H groups in total. The van der Waals surface area contributed by atoms with Crippen LogP contribution in [0.5, 0.6) is 28.7 Å². The molecule has 0 saturated carbocycles. The van der Waals surface area contributed by atoms with Crippen molar-refractivity contribution >= 4 is 22.3 Å². The fraction of sp³-hybridized carbons (Fsp3) is 0.176. The van der Waals surface area contributed by atoms with Crippen LogP contribution in [-0.4, -0.2) is 48.9 Å². The zero-order valence-corrected chi connectivity index (χ0v) is 24.2. The van der Waals surface area contributed by atoms with Gasteiger partial charge in [0.25, 0.3) is 5.56 Å². The van der Waals surface area contributed by atoms with Crippen LogP contribution < -0.4 is 10.3 Å². The van der Waals surface area contributed by atoms with Gasteiger partial charge in [-0.15, -0.1) is 0 Å². The lowest BCUT2D eigenvalue weighted by molar-refractivity contribution is 0.0971. The van der Waals surface area contributed by atoms with Gasteiger partial charge < -0.3 is 25.2 Å². The third-order valence-electron chi connectivity index (χ3n) is 8.80. The van der Waals surface area contributed by atoms with E-state index in [2.05, 4.69) is 5.10 Å². The van der Waals surface area contributed by atoms with Crippen molar-refractivity contribution in [3.8, 4) is 45.6 Å². The molecule has 4 aromatic carbocycles. The molecule has 1 heterocycles. The number of ether oxygens (including phenoxy) is 1. The van der Waals surface area contributed by atoms with E-state index < -0.39 is 40.1 Å². The Balaban J connectivity index is 1.55. The molecule has 7 rings (SSSR count). The fourth-order valence-corrected chi connectivity index (χ4v) is 6.56. The van der Waals surface area contributed by atoms with E-state index >= 15 is 0 Å². The van der Waals surface area contributed by atoms with Crippen molar-refractivity contribution in [2.24, 2.45) is 0 Å². The summed E-state index contributed by atoms with van der Waals surface area (Å²) >= 11 is 0. The summed E-state index contributed by atoms with van der Waals surface area (Å²) in [5, 5.41) is 49.3. The minimum atomic E-state index is -0.812. The van der Waals surface area contributed by atoms with Crippen LogP contribution in [0.3, 0.4) is 0 Å². The lowest BCUT2D eigenvalue weighted by Gasteiger charge is -2.29. The molecule has 1 aromatic heterocycles. The maximum atomic E-state index is 13.9. The third kappa shape index (κ3) is 3.42. The number of phenolic OH excluding ortho intramolecular Hbond substituents is 4. The lowest BCUT2D eigenvalue weighted by atomic mass is 9.75. The molecule has 220 valence electrons. The van der Waals surface area contributed by atoms with E-state index in [1.54, 1.807) is 6.07 Å². The Labute approximate surface area is 250 Å². The summed E-state index contributed by atoms with van der Waals surface area (Å²) in [5.74, 6) is -3.43. The number of rotatable bonds is 2. The van der Waals surface area contributed by atoms with E-state index in [0.29, 0.717) is 28.6 Å². The van der Waals surface area contributed by atoms with Gasteiger partial charge in [0, 0.05) is 33.2 Å². The molecular weight excluding hydrogens is 564 g/mol. The summed E-state index contributed by atoms with van der Waals surface area (Å²) in [6.07, 6.45) is 2.14. The van der Waals surface area contributed by atoms with Crippen molar-refractivity contribution in [2.75, 3.05) is 7.11 Å². The van der Waals surface area contributed by atoms with Crippen molar-refractivity contribution in [1.29, 1.82) is 0 Å². The van der Waals surface area contributed by atoms with Crippen LogP contribution in [0.2, 0.25) is 0 Å².